The predicted octanol–water partition coefficient (Wildman–Crippen LogP) is 0.178. The van der Waals surface area contributed by atoms with Crippen LogP contribution in [0.2, 0.25) is 0 Å². The molecule has 0 bridgehead atoms. The minimum atomic E-state index is -0.245. The zero-order valence-corrected chi connectivity index (χ0v) is 11.6. The van der Waals surface area contributed by atoms with Gasteiger partial charge in [-0.1, -0.05) is 29.8 Å². The van der Waals surface area contributed by atoms with Crippen molar-refractivity contribution < 1.29 is 5.11 Å². The molecule has 0 amide bonds. The van der Waals surface area contributed by atoms with Gasteiger partial charge in [0.2, 0.25) is 0 Å². The van der Waals surface area contributed by atoms with Crippen LogP contribution in [0.1, 0.15) is 16.8 Å². The predicted molar refractivity (Wildman–Crippen MR) is 76.1 cm³/mol. The highest BCUT2D eigenvalue weighted by Crippen LogP contribution is 2.07. The molecule has 2 aromatic heterocycles. The molecule has 2 heterocycles. The van der Waals surface area contributed by atoms with Gasteiger partial charge in [-0.3, -0.25) is 9.36 Å². The van der Waals surface area contributed by atoms with Gasteiger partial charge in [0.15, 0.2) is 0 Å². The van der Waals surface area contributed by atoms with Gasteiger partial charge >= 0.3 is 0 Å². The van der Waals surface area contributed by atoms with Crippen LogP contribution in [0, 0.1) is 6.92 Å². The van der Waals surface area contributed by atoms with E-state index in [9.17, 15) is 4.79 Å². The Morgan fingerprint density at radius 3 is 2.71 bits per heavy atom. The molecule has 0 saturated heterocycles. The van der Waals surface area contributed by atoms with Crippen LogP contribution in [0.4, 0.5) is 0 Å². The van der Waals surface area contributed by atoms with Crippen molar-refractivity contribution in [1.29, 1.82) is 0 Å². The van der Waals surface area contributed by atoms with Crippen LogP contribution >= 0.6 is 0 Å². The summed E-state index contributed by atoms with van der Waals surface area (Å²) in [6, 6.07) is 7.95. The van der Waals surface area contributed by atoms with Gasteiger partial charge in [0.1, 0.15) is 12.0 Å². The van der Waals surface area contributed by atoms with E-state index in [0.717, 1.165) is 5.56 Å². The van der Waals surface area contributed by atoms with E-state index in [1.54, 1.807) is 0 Å². The third kappa shape index (κ3) is 2.55. The first kappa shape index (κ1) is 13.4. The molecule has 0 spiro atoms. The lowest BCUT2D eigenvalue weighted by Crippen LogP contribution is -2.29. The lowest BCUT2D eigenvalue weighted by molar-refractivity contribution is 0.274. The molecule has 1 aromatic carbocycles. The number of aryl methyl sites for hydroxylation is 1. The fraction of sp³-hybridized carbons (Fsp3) is 0.286. The second-order valence-electron chi connectivity index (χ2n) is 4.86. The van der Waals surface area contributed by atoms with Gasteiger partial charge in [-0.05, 0) is 12.5 Å². The van der Waals surface area contributed by atoms with Gasteiger partial charge in [-0.15, -0.1) is 10.2 Å². The Kier molecular flexibility index (Phi) is 3.49. The second kappa shape index (κ2) is 5.45. The maximum Gasteiger partial charge on any atom is 0.277 e. The molecule has 1 N–H and O–H groups in total. The number of aromatic nitrogens is 5. The summed E-state index contributed by atoms with van der Waals surface area (Å²) in [6.45, 7) is 2.04. The highest BCUT2D eigenvalue weighted by atomic mass is 16.3. The fourth-order valence-corrected chi connectivity index (χ4v) is 2.20. The van der Waals surface area contributed by atoms with Crippen molar-refractivity contribution in [2.75, 3.05) is 6.61 Å². The number of aliphatic hydroxyl groups is 1. The van der Waals surface area contributed by atoms with E-state index in [-0.39, 0.29) is 18.7 Å². The summed E-state index contributed by atoms with van der Waals surface area (Å²) in [5.41, 5.74) is 2.33. The molecule has 0 aliphatic rings. The molecule has 3 rings (SSSR count). The molecule has 108 valence electrons. The first-order valence-electron chi connectivity index (χ1n) is 6.65. The molecule has 7 nitrogen and oxygen atoms in total. The van der Waals surface area contributed by atoms with Crippen LogP contribution in [-0.4, -0.2) is 36.1 Å². The number of nitrogens with zero attached hydrogens (tertiary/aromatic N) is 5. The number of benzene rings is 1. The molecule has 0 saturated carbocycles. The Morgan fingerprint density at radius 2 is 2.00 bits per heavy atom. The highest BCUT2D eigenvalue weighted by Gasteiger charge is 2.12. The van der Waals surface area contributed by atoms with Crippen molar-refractivity contribution in [2.24, 2.45) is 0 Å². The van der Waals surface area contributed by atoms with Crippen molar-refractivity contribution in [1.82, 2.24) is 24.4 Å². The summed E-state index contributed by atoms with van der Waals surface area (Å²) < 4.78 is 2.85. The van der Waals surface area contributed by atoms with Crippen LogP contribution < -0.4 is 5.56 Å². The monoisotopic (exact) mass is 285 g/mol. The maximum atomic E-state index is 12.5. The summed E-state index contributed by atoms with van der Waals surface area (Å²) in [7, 11) is 0. The smallest absolute Gasteiger partial charge is 0.277 e. The van der Waals surface area contributed by atoms with E-state index < -0.39 is 0 Å². The molecule has 0 aliphatic heterocycles. The van der Waals surface area contributed by atoms with E-state index in [0.29, 0.717) is 17.9 Å². The van der Waals surface area contributed by atoms with Crippen molar-refractivity contribution in [2.45, 2.75) is 19.9 Å². The standard InChI is InChI=1S/C14H15N5O2/c1-10-2-4-11(5-3-10)8-12-13(21)18(6-7-20)14-16-15-9-19(14)17-12/h2-5,9,20H,6-8H2,1H3. The molecular weight excluding hydrogens is 270 g/mol. The normalized spacial score (nSPS) is 11.1. The van der Waals surface area contributed by atoms with Gasteiger partial charge in [-0.2, -0.15) is 9.61 Å². The summed E-state index contributed by atoms with van der Waals surface area (Å²) in [5.74, 6) is 0.335. The summed E-state index contributed by atoms with van der Waals surface area (Å²) in [5, 5.41) is 21.0. The summed E-state index contributed by atoms with van der Waals surface area (Å²) in [6.07, 6.45) is 1.87. The minimum absolute atomic E-state index is 0.142. The van der Waals surface area contributed by atoms with Crippen LogP contribution in [0.25, 0.3) is 5.78 Å². The third-order valence-electron chi connectivity index (χ3n) is 3.29. The van der Waals surface area contributed by atoms with E-state index in [1.165, 1.54) is 21.0 Å². The SMILES string of the molecule is Cc1ccc(Cc2nn3cnnc3n(CCO)c2=O)cc1. The van der Waals surface area contributed by atoms with Gasteiger partial charge < -0.3 is 5.11 Å². The zero-order chi connectivity index (χ0) is 14.8. The fourth-order valence-electron chi connectivity index (χ4n) is 2.20. The molecule has 7 heteroatoms. The third-order valence-corrected chi connectivity index (χ3v) is 3.29. The van der Waals surface area contributed by atoms with E-state index in [1.807, 2.05) is 31.2 Å². The highest BCUT2D eigenvalue weighted by molar-refractivity contribution is 5.28. The van der Waals surface area contributed by atoms with E-state index >= 15 is 0 Å². The summed E-state index contributed by atoms with van der Waals surface area (Å²) in [4.78, 5) is 12.5. The quantitative estimate of drug-likeness (QED) is 0.739. The number of aliphatic hydroxyl groups excluding tert-OH is 1. The topological polar surface area (TPSA) is 85.3 Å². The van der Waals surface area contributed by atoms with Gasteiger partial charge in [0.25, 0.3) is 11.3 Å². The molecular formula is C14H15N5O2. The molecule has 21 heavy (non-hydrogen) atoms. The van der Waals surface area contributed by atoms with E-state index in [2.05, 4.69) is 15.3 Å². The number of hydrogen-bond donors (Lipinski definition) is 1. The van der Waals surface area contributed by atoms with Crippen molar-refractivity contribution in [3.63, 3.8) is 0 Å². The van der Waals surface area contributed by atoms with E-state index in [4.69, 9.17) is 5.11 Å². The molecule has 0 aliphatic carbocycles. The largest absolute Gasteiger partial charge is 0.395 e. The first-order valence-corrected chi connectivity index (χ1v) is 6.65. The Morgan fingerprint density at radius 1 is 1.24 bits per heavy atom. The Hall–Kier alpha value is -2.54. The average molecular weight is 285 g/mol. The molecule has 3 aromatic rings. The molecule has 0 unspecified atom stereocenters. The Balaban J connectivity index is 2.07. The number of rotatable bonds is 4. The Bertz CT molecular complexity index is 819. The second-order valence-corrected chi connectivity index (χ2v) is 4.86. The lowest BCUT2D eigenvalue weighted by Gasteiger charge is -2.08. The first-order chi connectivity index (χ1) is 10.2. The van der Waals surface area contributed by atoms with Crippen LogP contribution in [0.5, 0.6) is 0 Å². The number of fused-ring (bicyclic) bond motifs is 1. The van der Waals surface area contributed by atoms with Crippen molar-refractivity contribution in [3.05, 3.63) is 57.8 Å². The van der Waals surface area contributed by atoms with Gasteiger partial charge in [0.05, 0.1) is 13.2 Å². The molecule has 0 atom stereocenters. The Labute approximate surface area is 120 Å². The van der Waals surface area contributed by atoms with Crippen LogP contribution in [0.15, 0.2) is 35.4 Å². The number of hydrogen-bond acceptors (Lipinski definition) is 5. The molecule has 0 radical (unpaired) electrons. The maximum absolute atomic E-state index is 12.5. The van der Waals surface area contributed by atoms with Gasteiger partial charge in [-0.25, -0.2) is 0 Å². The zero-order valence-electron chi connectivity index (χ0n) is 11.6. The molecule has 0 fully saturated rings. The van der Waals surface area contributed by atoms with Crippen molar-refractivity contribution >= 4 is 5.78 Å². The lowest BCUT2D eigenvalue weighted by atomic mass is 10.1. The van der Waals surface area contributed by atoms with Crippen LogP contribution in [-0.2, 0) is 13.0 Å². The van der Waals surface area contributed by atoms with Gasteiger partial charge in [0, 0.05) is 6.42 Å². The van der Waals surface area contributed by atoms with Crippen LogP contribution in [0.3, 0.4) is 0 Å². The minimum Gasteiger partial charge on any atom is -0.395 e. The van der Waals surface area contributed by atoms with Crippen molar-refractivity contribution in [3.8, 4) is 0 Å². The average Bonchev–Trinajstić information content (AvgIpc) is 2.94. The summed E-state index contributed by atoms with van der Waals surface area (Å²) >= 11 is 0.